The Morgan fingerprint density at radius 1 is 0.717 bits per heavy atom. The zero-order valence-electron chi connectivity index (χ0n) is 27.0. The minimum atomic E-state index is -0.807. The minimum absolute atomic E-state index is 0.159. The first-order valence-corrected chi connectivity index (χ1v) is 16.1. The third-order valence-corrected chi connectivity index (χ3v) is 8.10. The summed E-state index contributed by atoms with van der Waals surface area (Å²) < 4.78 is 7.74. The lowest BCUT2D eigenvalue weighted by Crippen LogP contribution is -2.38. The van der Waals surface area contributed by atoms with Gasteiger partial charge in [0.15, 0.2) is 5.82 Å². The molecule has 0 spiro atoms. The van der Waals surface area contributed by atoms with E-state index in [1.54, 1.807) is 0 Å². The molecular weight excluding hydrogens is 570 g/mol. The van der Waals surface area contributed by atoms with Crippen molar-refractivity contribution in [2.75, 3.05) is 36.5 Å². The van der Waals surface area contributed by atoms with Crippen LogP contribution in [0.15, 0.2) is 116 Å². The van der Waals surface area contributed by atoms with Crippen molar-refractivity contribution in [3.05, 3.63) is 132 Å². The summed E-state index contributed by atoms with van der Waals surface area (Å²) in [6, 6.07) is 35.9. The molecule has 0 bridgehead atoms. The van der Waals surface area contributed by atoms with Crippen LogP contribution in [0, 0.1) is 0 Å². The quantitative estimate of drug-likeness (QED) is 0.180. The summed E-state index contributed by atoms with van der Waals surface area (Å²) in [6.45, 7) is 11.2. The van der Waals surface area contributed by atoms with Crippen LogP contribution < -0.4 is 10.2 Å². The highest BCUT2D eigenvalue weighted by molar-refractivity contribution is 6.00. The molecule has 1 fully saturated rings. The van der Waals surface area contributed by atoms with Gasteiger partial charge in [0.25, 0.3) is 0 Å². The number of nitrogens with zero attached hydrogens (tertiary/aromatic N) is 6. The maximum Gasteiger partial charge on any atom is 0.182 e. The van der Waals surface area contributed by atoms with Crippen molar-refractivity contribution in [2.45, 2.75) is 39.3 Å². The Bertz CT molecular complexity index is 1750. The monoisotopic (exact) mass is 611 g/mol. The van der Waals surface area contributed by atoms with Crippen LogP contribution in [0.4, 0.5) is 11.6 Å². The average molecular weight is 612 g/mol. The molecule has 1 aliphatic rings. The highest BCUT2D eigenvalue weighted by Crippen LogP contribution is 2.44. The molecule has 1 N–H and O–H groups in total. The van der Waals surface area contributed by atoms with Crippen LogP contribution in [0.5, 0.6) is 0 Å². The fourth-order valence-electron chi connectivity index (χ4n) is 6.20. The third-order valence-electron chi connectivity index (χ3n) is 8.10. The van der Waals surface area contributed by atoms with E-state index in [0.29, 0.717) is 24.7 Å². The van der Waals surface area contributed by atoms with Crippen molar-refractivity contribution < 1.29 is 4.74 Å². The molecular formula is C38H41N7O. The summed E-state index contributed by atoms with van der Waals surface area (Å²) in [5, 5.41) is 9.94. The van der Waals surface area contributed by atoms with Crippen molar-refractivity contribution in [3.8, 4) is 11.5 Å². The van der Waals surface area contributed by atoms with Crippen LogP contribution in [0.2, 0.25) is 0 Å². The number of fused-ring (bicyclic) bond motifs is 1. The Balaban J connectivity index is 0.00000182. The van der Waals surface area contributed by atoms with Gasteiger partial charge in [0, 0.05) is 31.5 Å². The van der Waals surface area contributed by atoms with Gasteiger partial charge in [-0.1, -0.05) is 105 Å². The van der Waals surface area contributed by atoms with Gasteiger partial charge in [-0.25, -0.2) is 19.6 Å². The number of pyridine rings is 1. The van der Waals surface area contributed by atoms with E-state index >= 15 is 0 Å². The fourth-order valence-corrected chi connectivity index (χ4v) is 6.20. The van der Waals surface area contributed by atoms with Gasteiger partial charge >= 0.3 is 0 Å². The van der Waals surface area contributed by atoms with E-state index in [-0.39, 0.29) is 6.04 Å². The molecule has 4 heterocycles. The predicted molar refractivity (Wildman–Crippen MR) is 186 cm³/mol. The van der Waals surface area contributed by atoms with Crippen LogP contribution in [-0.2, 0) is 10.3 Å². The predicted octanol–water partition coefficient (Wildman–Crippen LogP) is 7.41. The Kier molecular flexibility index (Phi) is 9.36. The first-order chi connectivity index (χ1) is 22.7. The molecule has 0 radical (unpaired) electrons. The van der Waals surface area contributed by atoms with E-state index in [1.165, 1.54) is 0 Å². The number of morpholine rings is 1. The highest BCUT2D eigenvalue weighted by Gasteiger charge is 2.41. The smallest absolute Gasteiger partial charge is 0.182 e. The molecule has 0 unspecified atom stereocenters. The molecule has 3 aromatic heterocycles. The lowest BCUT2D eigenvalue weighted by atomic mass is 9.77. The SMILES string of the molecule is CC.CC(C)Nc1nccc2c1c(-c1nccc(N3CCOCC3)n1)nn2C(c1ccccc1)(c1ccccc1)c1ccccc1. The number of ether oxygens (including phenoxy) is 1. The molecule has 8 nitrogen and oxygen atoms in total. The van der Waals surface area contributed by atoms with Crippen LogP contribution >= 0.6 is 0 Å². The average Bonchev–Trinajstić information content (AvgIpc) is 3.52. The number of benzene rings is 3. The van der Waals surface area contributed by atoms with Gasteiger partial charge in [0.1, 0.15) is 22.9 Å². The fraction of sp³-hybridized carbons (Fsp3) is 0.263. The van der Waals surface area contributed by atoms with Crippen molar-refractivity contribution in [2.24, 2.45) is 0 Å². The van der Waals surface area contributed by atoms with Crippen LogP contribution in [-0.4, -0.2) is 57.1 Å². The van der Waals surface area contributed by atoms with Crippen molar-refractivity contribution >= 4 is 22.5 Å². The summed E-state index contributed by atoms with van der Waals surface area (Å²) in [6.07, 6.45) is 3.68. The second-order valence-corrected chi connectivity index (χ2v) is 11.3. The topological polar surface area (TPSA) is 81.0 Å². The van der Waals surface area contributed by atoms with E-state index in [9.17, 15) is 0 Å². The largest absolute Gasteiger partial charge is 0.378 e. The molecule has 0 amide bonds. The summed E-state index contributed by atoms with van der Waals surface area (Å²) >= 11 is 0. The Labute approximate surface area is 271 Å². The molecule has 0 atom stereocenters. The van der Waals surface area contributed by atoms with Gasteiger partial charge in [0.05, 0.1) is 24.1 Å². The zero-order chi connectivity index (χ0) is 31.9. The van der Waals surface area contributed by atoms with Gasteiger partial charge in [-0.3, -0.25) is 0 Å². The molecule has 234 valence electrons. The Morgan fingerprint density at radius 3 is 1.80 bits per heavy atom. The number of anilines is 2. The highest BCUT2D eigenvalue weighted by atomic mass is 16.5. The first-order valence-electron chi connectivity index (χ1n) is 16.1. The molecule has 1 aliphatic heterocycles. The zero-order valence-corrected chi connectivity index (χ0v) is 27.0. The number of rotatable bonds is 8. The van der Waals surface area contributed by atoms with E-state index in [2.05, 4.69) is 120 Å². The van der Waals surface area contributed by atoms with Gasteiger partial charge in [0.2, 0.25) is 0 Å². The standard InChI is InChI=1S/C36H35N7O.C2H6/c1-26(2)39-34-32-30(18-20-37-34)43(41-33(32)35-38-21-19-31(40-35)42-22-24-44-25-23-42)36(27-12-6-3-7-13-27,28-14-8-4-9-15-28)29-16-10-5-11-17-29;1-2/h3-21,26H,22-25H2,1-2H3,(H,37,39);1-2H3. The molecule has 7 rings (SSSR count). The number of aromatic nitrogens is 5. The molecule has 8 heteroatoms. The second-order valence-electron chi connectivity index (χ2n) is 11.3. The second kappa shape index (κ2) is 13.9. The maximum absolute atomic E-state index is 5.60. The van der Waals surface area contributed by atoms with Gasteiger partial charge in [-0.2, -0.15) is 5.10 Å². The van der Waals surface area contributed by atoms with Crippen LogP contribution in [0.25, 0.3) is 22.4 Å². The lowest BCUT2D eigenvalue weighted by Gasteiger charge is -2.37. The van der Waals surface area contributed by atoms with Gasteiger partial charge in [-0.05, 0) is 42.7 Å². The van der Waals surface area contributed by atoms with Crippen molar-refractivity contribution in [1.29, 1.82) is 0 Å². The van der Waals surface area contributed by atoms with Gasteiger partial charge in [-0.15, -0.1) is 0 Å². The molecule has 6 aromatic rings. The normalized spacial score (nSPS) is 13.4. The summed E-state index contributed by atoms with van der Waals surface area (Å²) in [7, 11) is 0. The maximum atomic E-state index is 5.60. The number of nitrogens with one attached hydrogen (secondary N) is 1. The Hall–Kier alpha value is -5.08. The van der Waals surface area contributed by atoms with Crippen LogP contribution in [0.1, 0.15) is 44.4 Å². The number of hydrogen-bond donors (Lipinski definition) is 1. The summed E-state index contributed by atoms with van der Waals surface area (Å²) in [5.74, 6) is 2.17. The molecule has 46 heavy (non-hydrogen) atoms. The molecule has 0 saturated carbocycles. The van der Waals surface area contributed by atoms with Gasteiger partial charge < -0.3 is 15.0 Å². The Morgan fingerprint density at radius 2 is 1.26 bits per heavy atom. The van der Waals surface area contributed by atoms with E-state index in [4.69, 9.17) is 24.8 Å². The third kappa shape index (κ3) is 5.72. The van der Waals surface area contributed by atoms with Crippen molar-refractivity contribution in [3.63, 3.8) is 0 Å². The minimum Gasteiger partial charge on any atom is -0.378 e. The number of hydrogen-bond acceptors (Lipinski definition) is 7. The van der Waals surface area contributed by atoms with Crippen molar-refractivity contribution in [1.82, 2.24) is 24.7 Å². The summed E-state index contributed by atoms with van der Waals surface area (Å²) in [5.41, 5.74) is 4.07. The van der Waals surface area contributed by atoms with Crippen LogP contribution in [0.3, 0.4) is 0 Å². The molecule has 0 aliphatic carbocycles. The summed E-state index contributed by atoms with van der Waals surface area (Å²) in [4.78, 5) is 16.9. The molecule has 1 saturated heterocycles. The van der Waals surface area contributed by atoms with E-state index in [1.807, 2.05) is 38.4 Å². The van der Waals surface area contributed by atoms with E-state index in [0.717, 1.165) is 52.3 Å². The molecule has 3 aromatic carbocycles. The lowest BCUT2D eigenvalue weighted by molar-refractivity contribution is 0.122. The van der Waals surface area contributed by atoms with E-state index < -0.39 is 5.54 Å². The first kappa shape index (κ1) is 30.9.